The maximum absolute atomic E-state index is 13.2. The summed E-state index contributed by atoms with van der Waals surface area (Å²) in [4.78, 5) is 27.6. The van der Waals surface area contributed by atoms with Crippen molar-refractivity contribution in [1.82, 2.24) is 4.90 Å². The summed E-state index contributed by atoms with van der Waals surface area (Å²) in [6.45, 7) is 4.82. The number of amides is 1. The average Bonchev–Trinajstić information content (AvgIpc) is 3.12. The highest BCUT2D eigenvalue weighted by Gasteiger charge is 2.46. The minimum Gasteiger partial charge on any atom is -0.507 e. The van der Waals surface area contributed by atoms with Crippen molar-refractivity contribution in [3.63, 3.8) is 0 Å². The van der Waals surface area contributed by atoms with Gasteiger partial charge in [-0.15, -0.1) is 0 Å². The van der Waals surface area contributed by atoms with Crippen LogP contribution in [0.4, 0.5) is 0 Å². The topological polar surface area (TPSA) is 104 Å². The van der Waals surface area contributed by atoms with Crippen molar-refractivity contribution in [3.8, 4) is 23.0 Å². The Morgan fingerprint density at radius 1 is 0.914 bits per heavy atom. The van der Waals surface area contributed by atoms with Crippen LogP contribution in [0.2, 0.25) is 0 Å². The van der Waals surface area contributed by atoms with Gasteiger partial charge in [0.05, 0.1) is 51.2 Å². The van der Waals surface area contributed by atoms with Gasteiger partial charge in [-0.25, -0.2) is 0 Å². The van der Waals surface area contributed by atoms with Gasteiger partial charge in [0.25, 0.3) is 11.7 Å². The molecule has 0 aromatic heterocycles. The predicted octanol–water partition coefficient (Wildman–Crippen LogP) is 3.57. The second-order valence-corrected chi connectivity index (χ2v) is 7.62. The lowest BCUT2D eigenvalue weighted by molar-refractivity contribution is -0.140. The quantitative estimate of drug-likeness (QED) is 0.293. The largest absolute Gasteiger partial charge is 0.507 e. The van der Waals surface area contributed by atoms with E-state index in [2.05, 4.69) is 0 Å². The summed E-state index contributed by atoms with van der Waals surface area (Å²) in [5.41, 5.74) is 0.803. The predicted molar refractivity (Wildman–Crippen MR) is 129 cm³/mol. The minimum absolute atomic E-state index is 0.0524. The van der Waals surface area contributed by atoms with Crippen LogP contribution in [0.1, 0.15) is 31.0 Å². The minimum atomic E-state index is -0.869. The molecule has 35 heavy (non-hydrogen) atoms. The Balaban J connectivity index is 2.22. The maximum Gasteiger partial charge on any atom is 0.295 e. The first-order chi connectivity index (χ1) is 16.9. The van der Waals surface area contributed by atoms with Crippen LogP contribution in [-0.4, -0.2) is 69.4 Å². The van der Waals surface area contributed by atoms with Gasteiger partial charge >= 0.3 is 0 Å². The highest BCUT2D eigenvalue weighted by molar-refractivity contribution is 6.46. The Labute approximate surface area is 204 Å². The molecule has 1 aliphatic rings. The van der Waals surface area contributed by atoms with Crippen molar-refractivity contribution in [2.75, 3.05) is 47.7 Å². The van der Waals surface area contributed by atoms with Crippen LogP contribution in [0.3, 0.4) is 0 Å². The fraction of sp³-hybridized carbons (Fsp3) is 0.385. The van der Waals surface area contributed by atoms with Gasteiger partial charge in [-0.05, 0) is 43.7 Å². The summed E-state index contributed by atoms with van der Waals surface area (Å²) in [7, 11) is 4.53. The van der Waals surface area contributed by atoms with Gasteiger partial charge in [-0.3, -0.25) is 9.59 Å². The van der Waals surface area contributed by atoms with E-state index in [4.69, 9.17) is 23.7 Å². The number of likely N-dealkylation sites (tertiary alicyclic amines) is 1. The summed E-state index contributed by atoms with van der Waals surface area (Å²) >= 11 is 0. The van der Waals surface area contributed by atoms with E-state index < -0.39 is 17.7 Å². The molecule has 3 rings (SSSR count). The number of ether oxygens (including phenoxy) is 5. The van der Waals surface area contributed by atoms with Gasteiger partial charge < -0.3 is 33.7 Å². The lowest BCUT2D eigenvalue weighted by atomic mass is 9.94. The maximum atomic E-state index is 13.2. The summed E-state index contributed by atoms with van der Waals surface area (Å²) in [5, 5.41) is 11.4. The number of nitrogens with zero attached hydrogens (tertiary/aromatic N) is 1. The third kappa shape index (κ3) is 5.19. The number of hydrogen-bond donors (Lipinski definition) is 1. The third-order valence-corrected chi connectivity index (χ3v) is 5.62. The number of ketones is 1. The number of carbonyl (C=O) groups is 2. The summed E-state index contributed by atoms with van der Waals surface area (Å²) in [6.07, 6.45) is 0. The first kappa shape index (κ1) is 25.9. The van der Waals surface area contributed by atoms with E-state index >= 15 is 0 Å². The molecule has 1 saturated heterocycles. The molecule has 2 aromatic rings. The van der Waals surface area contributed by atoms with Crippen LogP contribution in [0.5, 0.6) is 23.0 Å². The van der Waals surface area contributed by atoms with Gasteiger partial charge in [-0.1, -0.05) is 6.07 Å². The first-order valence-electron chi connectivity index (χ1n) is 11.3. The average molecular weight is 486 g/mol. The van der Waals surface area contributed by atoms with E-state index in [-0.39, 0.29) is 30.0 Å². The molecule has 188 valence electrons. The number of aliphatic hydroxyl groups is 1. The summed E-state index contributed by atoms with van der Waals surface area (Å²) in [5.74, 6) is -0.0419. The number of aliphatic hydroxyl groups excluding tert-OH is 1. The normalized spacial score (nSPS) is 16.9. The highest BCUT2D eigenvalue weighted by Crippen LogP contribution is 2.43. The van der Waals surface area contributed by atoms with Gasteiger partial charge in [-0.2, -0.15) is 0 Å². The molecule has 9 heteroatoms. The van der Waals surface area contributed by atoms with Crippen LogP contribution in [0.15, 0.2) is 42.0 Å². The lowest BCUT2D eigenvalue weighted by Gasteiger charge is -2.26. The van der Waals surface area contributed by atoms with Crippen LogP contribution in [0, 0.1) is 0 Å². The zero-order valence-corrected chi connectivity index (χ0v) is 20.6. The van der Waals surface area contributed by atoms with Crippen LogP contribution < -0.4 is 18.9 Å². The monoisotopic (exact) mass is 485 g/mol. The van der Waals surface area contributed by atoms with Gasteiger partial charge in [0.1, 0.15) is 17.3 Å². The molecular weight excluding hydrogens is 454 g/mol. The van der Waals surface area contributed by atoms with Crippen molar-refractivity contribution in [2.24, 2.45) is 0 Å². The van der Waals surface area contributed by atoms with Crippen molar-refractivity contribution in [1.29, 1.82) is 0 Å². The fourth-order valence-corrected chi connectivity index (χ4v) is 4.04. The Morgan fingerprint density at radius 3 is 2.26 bits per heavy atom. The number of carbonyl (C=O) groups excluding carboxylic acids is 2. The van der Waals surface area contributed by atoms with E-state index in [0.717, 1.165) is 0 Å². The smallest absolute Gasteiger partial charge is 0.295 e. The van der Waals surface area contributed by atoms with E-state index in [0.29, 0.717) is 41.8 Å². The molecule has 0 radical (unpaired) electrons. The standard InChI is InChI=1S/C26H31NO8/c1-6-34-17-9-10-18(20(15-17)35-7-2)24(28)22-23(27(12-13-31-3)26(30)25(22)29)16-8-11-19(32-4)21(14-16)33-5/h8-11,14-15,23,28H,6-7,12-13H2,1-5H3/b24-22+. The molecule has 0 aliphatic carbocycles. The Morgan fingerprint density at radius 2 is 1.63 bits per heavy atom. The highest BCUT2D eigenvalue weighted by atomic mass is 16.5. The molecule has 1 heterocycles. The second-order valence-electron chi connectivity index (χ2n) is 7.62. The summed E-state index contributed by atoms with van der Waals surface area (Å²) in [6, 6.07) is 9.16. The fourth-order valence-electron chi connectivity index (χ4n) is 4.04. The zero-order chi connectivity index (χ0) is 25.5. The van der Waals surface area contributed by atoms with Crippen molar-refractivity contribution in [3.05, 3.63) is 53.1 Å². The first-order valence-corrected chi connectivity index (χ1v) is 11.3. The molecule has 1 unspecified atom stereocenters. The van der Waals surface area contributed by atoms with Crippen molar-refractivity contribution in [2.45, 2.75) is 19.9 Å². The van der Waals surface area contributed by atoms with E-state index in [1.807, 2.05) is 13.8 Å². The Bertz CT molecular complexity index is 1110. The molecule has 1 fully saturated rings. The van der Waals surface area contributed by atoms with Gasteiger partial charge in [0.15, 0.2) is 11.5 Å². The second kappa shape index (κ2) is 11.6. The molecular formula is C26H31NO8. The number of hydrogen-bond acceptors (Lipinski definition) is 8. The molecule has 1 atom stereocenters. The summed E-state index contributed by atoms with van der Waals surface area (Å²) < 4.78 is 27.2. The van der Waals surface area contributed by atoms with Crippen LogP contribution in [0.25, 0.3) is 5.76 Å². The number of rotatable bonds is 11. The van der Waals surface area contributed by atoms with Crippen LogP contribution >= 0.6 is 0 Å². The van der Waals surface area contributed by atoms with Crippen molar-refractivity contribution < 1.29 is 38.4 Å². The Hall–Kier alpha value is -3.72. The van der Waals surface area contributed by atoms with Gasteiger partial charge in [0.2, 0.25) is 0 Å². The van der Waals surface area contributed by atoms with E-state index in [1.54, 1.807) is 36.4 Å². The molecule has 1 amide bonds. The molecule has 1 N–H and O–H groups in total. The number of benzene rings is 2. The van der Waals surface area contributed by atoms with Crippen LogP contribution in [-0.2, 0) is 14.3 Å². The molecule has 9 nitrogen and oxygen atoms in total. The molecule has 0 bridgehead atoms. The molecule has 2 aromatic carbocycles. The Kier molecular flexibility index (Phi) is 8.59. The molecule has 0 spiro atoms. The molecule has 0 saturated carbocycles. The lowest BCUT2D eigenvalue weighted by Crippen LogP contribution is -2.32. The van der Waals surface area contributed by atoms with E-state index in [9.17, 15) is 14.7 Å². The third-order valence-electron chi connectivity index (χ3n) is 5.62. The number of methoxy groups -OCH3 is 3. The van der Waals surface area contributed by atoms with Crippen molar-refractivity contribution >= 4 is 17.4 Å². The molecule has 1 aliphatic heterocycles. The zero-order valence-electron chi connectivity index (χ0n) is 20.6. The van der Waals surface area contributed by atoms with E-state index in [1.165, 1.54) is 26.2 Å². The van der Waals surface area contributed by atoms with Gasteiger partial charge in [0, 0.05) is 19.7 Å². The number of Topliss-reactive ketones (excluding diaryl/α,β-unsaturated/α-hetero) is 1. The SMILES string of the molecule is CCOc1ccc(/C(O)=C2\C(=O)C(=O)N(CCOC)C2c2ccc(OC)c(OC)c2)c(OCC)c1.